The first-order valence-electron chi connectivity index (χ1n) is 6.67. The zero-order chi connectivity index (χ0) is 13.9. The average molecular weight is 283 g/mol. The van der Waals surface area contributed by atoms with E-state index in [1.165, 1.54) is 12.8 Å². The molecular formula is C14H21NO3S. The van der Waals surface area contributed by atoms with Crippen LogP contribution in [0.1, 0.15) is 37.3 Å². The van der Waals surface area contributed by atoms with Crippen molar-refractivity contribution in [3.8, 4) is 0 Å². The first-order chi connectivity index (χ1) is 8.98. The zero-order valence-electron chi connectivity index (χ0n) is 11.2. The Hall–Kier alpha value is -0.910. The summed E-state index contributed by atoms with van der Waals surface area (Å²) in [5.41, 5.74) is 1.53. The minimum Gasteiger partial charge on any atom is -0.392 e. The van der Waals surface area contributed by atoms with E-state index >= 15 is 0 Å². The van der Waals surface area contributed by atoms with Crippen LogP contribution >= 0.6 is 0 Å². The van der Waals surface area contributed by atoms with Crippen molar-refractivity contribution in [2.75, 3.05) is 0 Å². The van der Waals surface area contributed by atoms with Crippen molar-refractivity contribution in [2.24, 2.45) is 5.92 Å². The Morgan fingerprint density at radius 2 is 1.84 bits per heavy atom. The molecule has 0 heterocycles. The van der Waals surface area contributed by atoms with Crippen LogP contribution in [-0.4, -0.2) is 19.6 Å². The second-order valence-electron chi connectivity index (χ2n) is 5.43. The molecule has 1 unspecified atom stereocenters. The van der Waals surface area contributed by atoms with Gasteiger partial charge in [0.1, 0.15) is 0 Å². The molecule has 1 atom stereocenters. The number of sulfonamides is 1. The summed E-state index contributed by atoms with van der Waals surface area (Å²) < 4.78 is 26.7. The van der Waals surface area contributed by atoms with Crippen molar-refractivity contribution in [1.29, 1.82) is 0 Å². The summed E-state index contributed by atoms with van der Waals surface area (Å²) in [6, 6.07) is 7.00. The first kappa shape index (κ1) is 14.5. The third-order valence-electron chi connectivity index (χ3n) is 3.33. The lowest BCUT2D eigenvalue weighted by Gasteiger charge is -2.13. The smallest absolute Gasteiger partial charge is 0.216 e. The fraction of sp³-hybridized carbons (Fsp3) is 0.571. The molecule has 1 fully saturated rings. The van der Waals surface area contributed by atoms with E-state index in [-0.39, 0.29) is 18.4 Å². The minimum absolute atomic E-state index is 0.00623. The van der Waals surface area contributed by atoms with E-state index in [0.717, 1.165) is 17.5 Å². The van der Waals surface area contributed by atoms with Gasteiger partial charge in [-0.05, 0) is 30.4 Å². The van der Waals surface area contributed by atoms with Gasteiger partial charge < -0.3 is 5.11 Å². The van der Waals surface area contributed by atoms with E-state index in [1.54, 1.807) is 24.3 Å². The average Bonchev–Trinajstić information content (AvgIpc) is 3.12. The number of nitrogens with one attached hydrogen (secondary N) is 1. The molecule has 0 aliphatic heterocycles. The monoisotopic (exact) mass is 283 g/mol. The van der Waals surface area contributed by atoms with Gasteiger partial charge in [-0.1, -0.05) is 37.1 Å². The molecule has 106 valence electrons. The fourth-order valence-electron chi connectivity index (χ4n) is 2.21. The van der Waals surface area contributed by atoms with Crippen molar-refractivity contribution < 1.29 is 13.5 Å². The highest BCUT2D eigenvalue weighted by molar-refractivity contribution is 7.88. The van der Waals surface area contributed by atoms with E-state index < -0.39 is 10.0 Å². The summed E-state index contributed by atoms with van der Waals surface area (Å²) in [4.78, 5) is 0. The van der Waals surface area contributed by atoms with Crippen molar-refractivity contribution in [1.82, 2.24) is 4.72 Å². The Bertz CT molecular complexity index is 506. The van der Waals surface area contributed by atoms with Crippen LogP contribution in [-0.2, 0) is 22.4 Å². The van der Waals surface area contributed by atoms with Gasteiger partial charge in [0.25, 0.3) is 0 Å². The van der Waals surface area contributed by atoms with Crippen molar-refractivity contribution in [3.05, 3.63) is 35.4 Å². The minimum atomic E-state index is -3.28. The standard InChI is InChI=1S/C14H21NO3S/c1-11(8-12-2-3-12)15-19(17,18)10-14-6-4-13(9-16)5-7-14/h4-7,11-12,15-16H,2-3,8-10H2,1H3. The lowest BCUT2D eigenvalue weighted by molar-refractivity contribution is 0.282. The number of aliphatic hydroxyl groups excluding tert-OH is 1. The number of hydrogen-bond acceptors (Lipinski definition) is 3. The molecule has 1 aromatic carbocycles. The maximum absolute atomic E-state index is 12.0. The molecule has 0 bridgehead atoms. The third-order valence-corrected chi connectivity index (χ3v) is 4.80. The molecule has 1 aromatic rings. The van der Waals surface area contributed by atoms with Crippen LogP contribution < -0.4 is 4.72 Å². The van der Waals surface area contributed by atoms with Crippen molar-refractivity contribution in [3.63, 3.8) is 0 Å². The van der Waals surface area contributed by atoms with E-state index in [9.17, 15) is 8.42 Å². The molecule has 1 aliphatic rings. The summed E-state index contributed by atoms with van der Waals surface area (Å²) in [6.07, 6.45) is 3.39. The summed E-state index contributed by atoms with van der Waals surface area (Å²) in [6.45, 7) is 1.90. The fourth-order valence-corrected chi connectivity index (χ4v) is 3.63. The number of benzene rings is 1. The van der Waals surface area contributed by atoms with Crippen LogP contribution in [0.15, 0.2) is 24.3 Å². The highest BCUT2D eigenvalue weighted by Crippen LogP contribution is 2.33. The highest BCUT2D eigenvalue weighted by atomic mass is 32.2. The molecule has 4 nitrogen and oxygen atoms in total. The maximum atomic E-state index is 12.0. The van der Waals surface area contributed by atoms with Gasteiger partial charge in [0.15, 0.2) is 0 Å². The molecule has 0 saturated heterocycles. The third kappa shape index (κ3) is 4.93. The second kappa shape index (κ2) is 6.03. The number of aliphatic hydroxyl groups is 1. The normalized spacial score (nSPS) is 17.4. The molecule has 19 heavy (non-hydrogen) atoms. The van der Waals surface area contributed by atoms with Gasteiger partial charge in [-0.2, -0.15) is 0 Å². The van der Waals surface area contributed by atoms with Crippen LogP contribution in [0.25, 0.3) is 0 Å². The van der Waals surface area contributed by atoms with Crippen molar-refractivity contribution in [2.45, 2.75) is 44.6 Å². The van der Waals surface area contributed by atoms with Gasteiger partial charge >= 0.3 is 0 Å². The molecule has 1 aliphatic carbocycles. The highest BCUT2D eigenvalue weighted by Gasteiger charge is 2.25. The lowest BCUT2D eigenvalue weighted by Crippen LogP contribution is -2.33. The van der Waals surface area contributed by atoms with Crippen LogP contribution in [0, 0.1) is 5.92 Å². The van der Waals surface area contributed by atoms with Crippen molar-refractivity contribution >= 4 is 10.0 Å². The number of hydrogen-bond donors (Lipinski definition) is 2. The quantitative estimate of drug-likeness (QED) is 0.801. The first-order valence-corrected chi connectivity index (χ1v) is 8.32. The molecule has 0 amide bonds. The molecular weight excluding hydrogens is 262 g/mol. The Morgan fingerprint density at radius 3 is 2.37 bits per heavy atom. The predicted molar refractivity (Wildman–Crippen MR) is 74.9 cm³/mol. The molecule has 2 N–H and O–H groups in total. The van der Waals surface area contributed by atoms with Crippen LogP contribution in [0.3, 0.4) is 0 Å². The molecule has 0 spiro atoms. The van der Waals surface area contributed by atoms with E-state index in [0.29, 0.717) is 5.92 Å². The Kier molecular flexibility index (Phi) is 4.60. The van der Waals surface area contributed by atoms with E-state index in [1.807, 2.05) is 6.92 Å². The Balaban J connectivity index is 1.91. The van der Waals surface area contributed by atoms with Gasteiger partial charge in [-0.15, -0.1) is 0 Å². The maximum Gasteiger partial charge on any atom is 0.216 e. The van der Waals surface area contributed by atoms with Gasteiger partial charge in [-0.25, -0.2) is 13.1 Å². The van der Waals surface area contributed by atoms with E-state index in [4.69, 9.17) is 5.11 Å². The molecule has 1 saturated carbocycles. The van der Waals surface area contributed by atoms with Crippen LogP contribution in [0.2, 0.25) is 0 Å². The van der Waals surface area contributed by atoms with Gasteiger partial charge in [0.05, 0.1) is 12.4 Å². The molecule has 5 heteroatoms. The second-order valence-corrected chi connectivity index (χ2v) is 7.19. The molecule has 0 aromatic heterocycles. The summed E-state index contributed by atoms with van der Waals surface area (Å²) in [5.74, 6) is 0.704. The number of rotatable bonds is 7. The molecule has 0 radical (unpaired) electrons. The van der Waals surface area contributed by atoms with Gasteiger partial charge in [0.2, 0.25) is 10.0 Å². The Morgan fingerprint density at radius 1 is 1.26 bits per heavy atom. The van der Waals surface area contributed by atoms with E-state index in [2.05, 4.69) is 4.72 Å². The Labute approximate surface area is 114 Å². The predicted octanol–water partition coefficient (Wildman–Crippen LogP) is 1.79. The van der Waals surface area contributed by atoms with Gasteiger partial charge in [-0.3, -0.25) is 0 Å². The zero-order valence-corrected chi connectivity index (χ0v) is 12.0. The topological polar surface area (TPSA) is 66.4 Å². The summed E-state index contributed by atoms with van der Waals surface area (Å²) in [7, 11) is -3.28. The summed E-state index contributed by atoms with van der Waals surface area (Å²) in [5, 5.41) is 8.94. The van der Waals surface area contributed by atoms with Crippen LogP contribution in [0.5, 0.6) is 0 Å². The van der Waals surface area contributed by atoms with Crippen LogP contribution in [0.4, 0.5) is 0 Å². The largest absolute Gasteiger partial charge is 0.392 e. The van der Waals surface area contributed by atoms with Gasteiger partial charge in [0, 0.05) is 6.04 Å². The summed E-state index contributed by atoms with van der Waals surface area (Å²) >= 11 is 0. The SMILES string of the molecule is CC(CC1CC1)NS(=O)(=O)Cc1ccc(CO)cc1. The lowest BCUT2D eigenvalue weighted by atomic mass is 10.2. The molecule has 2 rings (SSSR count).